The van der Waals surface area contributed by atoms with E-state index in [4.69, 9.17) is 0 Å². The summed E-state index contributed by atoms with van der Waals surface area (Å²) < 4.78 is 0. The largest absolute Gasteiger partial charge is 0.103 e. The standard InChI is InChI=1S/C12H23/c1-6-7-8-9-10-12(4,5)11(2)3/h6,11H,1-2,7-10H2,3-5H3. The van der Waals surface area contributed by atoms with Crippen molar-refractivity contribution in [2.24, 2.45) is 11.3 Å². The van der Waals surface area contributed by atoms with E-state index in [9.17, 15) is 0 Å². The zero-order chi connectivity index (χ0) is 9.61. The van der Waals surface area contributed by atoms with Gasteiger partial charge in [0.2, 0.25) is 0 Å². The Morgan fingerprint density at radius 2 is 1.92 bits per heavy atom. The Balaban J connectivity index is 3.54. The number of allylic oxidation sites excluding steroid dienone is 1. The molecular weight excluding hydrogens is 144 g/mol. The molecular formula is C12H23. The molecule has 12 heavy (non-hydrogen) atoms. The first-order valence-corrected chi connectivity index (χ1v) is 4.94. The van der Waals surface area contributed by atoms with E-state index in [0.717, 1.165) is 6.42 Å². The van der Waals surface area contributed by atoms with E-state index < -0.39 is 0 Å². The first-order valence-electron chi connectivity index (χ1n) is 4.94. The molecule has 0 aromatic carbocycles. The van der Waals surface area contributed by atoms with Gasteiger partial charge in [-0.25, -0.2) is 0 Å². The minimum Gasteiger partial charge on any atom is -0.103 e. The topological polar surface area (TPSA) is 0 Å². The molecule has 0 rings (SSSR count). The summed E-state index contributed by atoms with van der Waals surface area (Å²) in [4.78, 5) is 0. The van der Waals surface area contributed by atoms with Gasteiger partial charge in [0, 0.05) is 0 Å². The molecule has 0 aromatic heterocycles. The number of unbranched alkanes of at least 4 members (excludes halogenated alkanes) is 2. The molecule has 0 saturated carbocycles. The fraction of sp³-hybridized carbons (Fsp3) is 0.750. The molecule has 0 heterocycles. The van der Waals surface area contributed by atoms with Crippen molar-refractivity contribution in [1.82, 2.24) is 0 Å². The van der Waals surface area contributed by atoms with E-state index in [2.05, 4.69) is 34.3 Å². The summed E-state index contributed by atoms with van der Waals surface area (Å²) in [6.07, 6.45) is 7.02. The lowest BCUT2D eigenvalue weighted by Gasteiger charge is -2.29. The number of hydrogen-bond donors (Lipinski definition) is 0. The average molecular weight is 167 g/mol. The lowest BCUT2D eigenvalue weighted by Crippen LogP contribution is -2.18. The summed E-state index contributed by atoms with van der Waals surface area (Å²) in [6.45, 7) is 14.6. The molecule has 0 fully saturated rings. The molecule has 0 spiro atoms. The zero-order valence-electron chi connectivity index (χ0n) is 8.90. The molecule has 0 aliphatic heterocycles. The third-order valence-electron chi connectivity index (χ3n) is 2.81. The van der Waals surface area contributed by atoms with Gasteiger partial charge in [-0.05, 0) is 37.5 Å². The quantitative estimate of drug-likeness (QED) is 0.410. The number of hydrogen-bond acceptors (Lipinski definition) is 0. The molecule has 0 aromatic rings. The van der Waals surface area contributed by atoms with Gasteiger partial charge in [-0.2, -0.15) is 0 Å². The van der Waals surface area contributed by atoms with Crippen LogP contribution in [0.25, 0.3) is 0 Å². The summed E-state index contributed by atoms with van der Waals surface area (Å²) in [5.74, 6) is 0.543. The van der Waals surface area contributed by atoms with Crippen LogP contribution in [0.15, 0.2) is 12.7 Å². The highest BCUT2D eigenvalue weighted by Gasteiger charge is 2.20. The molecule has 0 saturated heterocycles. The SMILES string of the molecule is [CH2]C(C)C(C)(C)CCCCC=C. The molecule has 0 heteroatoms. The van der Waals surface area contributed by atoms with Crippen LogP contribution in [0.5, 0.6) is 0 Å². The van der Waals surface area contributed by atoms with Crippen LogP contribution in [0.3, 0.4) is 0 Å². The van der Waals surface area contributed by atoms with E-state index in [1.54, 1.807) is 0 Å². The van der Waals surface area contributed by atoms with E-state index in [-0.39, 0.29) is 0 Å². The summed E-state index contributed by atoms with van der Waals surface area (Å²) in [6, 6.07) is 0. The predicted molar refractivity (Wildman–Crippen MR) is 57.0 cm³/mol. The van der Waals surface area contributed by atoms with E-state index in [1.807, 2.05) is 6.08 Å². The minimum atomic E-state index is 0.404. The highest BCUT2D eigenvalue weighted by Crippen LogP contribution is 2.31. The fourth-order valence-electron chi connectivity index (χ4n) is 1.12. The summed E-state index contributed by atoms with van der Waals surface area (Å²) in [5, 5.41) is 0. The van der Waals surface area contributed by atoms with Gasteiger partial charge in [-0.1, -0.05) is 33.3 Å². The predicted octanol–water partition coefficient (Wildman–Crippen LogP) is 4.23. The van der Waals surface area contributed by atoms with Gasteiger partial charge in [0.1, 0.15) is 0 Å². The fourth-order valence-corrected chi connectivity index (χ4v) is 1.12. The Morgan fingerprint density at radius 1 is 1.33 bits per heavy atom. The van der Waals surface area contributed by atoms with Crippen LogP contribution in [0, 0.1) is 18.3 Å². The molecule has 1 radical (unpaired) electrons. The Bertz CT molecular complexity index is 120. The zero-order valence-corrected chi connectivity index (χ0v) is 8.90. The molecule has 71 valence electrons. The van der Waals surface area contributed by atoms with Crippen molar-refractivity contribution in [1.29, 1.82) is 0 Å². The highest BCUT2D eigenvalue weighted by molar-refractivity contribution is 4.77. The van der Waals surface area contributed by atoms with Crippen molar-refractivity contribution in [3.8, 4) is 0 Å². The third-order valence-corrected chi connectivity index (χ3v) is 2.81. The Kier molecular flexibility index (Phi) is 5.28. The average Bonchev–Trinajstić information content (AvgIpc) is 1.98. The van der Waals surface area contributed by atoms with Gasteiger partial charge < -0.3 is 0 Å². The van der Waals surface area contributed by atoms with Crippen molar-refractivity contribution in [3.63, 3.8) is 0 Å². The Morgan fingerprint density at radius 3 is 2.33 bits per heavy atom. The minimum absolute atomic E-state index is 0.404. The number of rotatable bonds is 6. The van der Waals surface area contributed by atoms with Gasteiger partial charge in [-0.3, -0.25) is 0 Å². The molecule has 0 N–H and O–H groups in total. The van der Waals surface area contributed by atoms with Crippen LogP contribution in [0.1, 0.15) is 46.5 Å². The maximum absolute atomic E-state index is 4.09. The summed E-state index contributed by atoms with van der Waals surface area (Å²) >= 11 is 0. The second-order valence-electron chi connectivity index (χ2n) is 4.42. The van der Waals surface area contributed by atoms with Gasteiger partial charge in [0.05, 0.1) is 0 Å². The van der Waals surface area contributed by atoms with Crippen LogP contribution in [0.4, 0.5) is 0 Å². The van der Waals surface area contributed by atoms with Crippen molar-refractivity contribution in [3.05, 3.63) is 19.6 Å². The monoisotopic (exact) mass is 167 g/mol. The lowest BCUT2D eigenvalue weighted by molar-refractivity contribution is 0.244. The second kappa shape index (κ2) is 5.40. The highest BCUT2D eigenvalue weighted by atomic mass is 14.3. The van der Waals surface area contributed by atoms with E-state index >= 15 is 0 Å². The van der Waals surface area contributed by atoms with Crippen LogP contribution >= 0.6 is 0 Å². The van der Waals surface area contributed by atoms with Crippen LogP contribution in [-0.2, 0) is 0 Å². The maximum Gasteiger partial charge on any atom is -0.0329 e. The van der Waals surface area contributed by atoms with Crippen molar-refractivity contribution in [2.75, 3.05) is 0 Å². The molecule has 0 aliphatic rings. The smallest absolute Gasteiger partial charge is 0.0329 e. The summed E-state index contributed by atoms with van der Waals surface area (Å²) in [7, 11) is 0. The van der Waals surface area contributed by atoms with Gasteiger partial charge in [0.15, 0.2) is 0 Å². The van der Waals surface area contributed by atoms with Crippen LogP contribution in [0.2, 0.25) is 0 Å². The normalized spacial score (nSPS) is 12.1. The molecule has 0 amide bonds. The molecule has 1 unspecified atom stereocenters. The van der Waals surface area contributed by atoms with Crippen molar-refractivity contribution in [2.45, 2.75) is 46.5 Å². The van der Waals surface area contributed by atoms with Gasteiger partial charge in [0.25, 0.3) is 0 Å². The van der Waals surface area contributed by atoms with Crippen molar-refractivity contribution >= 4 is 0 Å². The third kappa shape index (κ3) is 4.58. The van der Waals surface area contributed by atoms with Crippen molar-refractivity contribution < 1.29 is 0 Å². The maximum atomic E-state index is 4.09. The Labute approximate surface area is 78.1 Å². The Hall–Kier alpha value is -0.260. The molecule has 1 atom stereocenters. The molecule has 0 aliphatic carbocycles. The molecule has 0 bridgehead atoms. The molecule has 0 nitrogen and oxygen atoms in total. The first kappa shape index (κ1) is 11.7. The second-order valence-corrected chi connectivity index (χ2v) is 4.42. The first-order chi connectivity index (χ1) is 5.50. The lowest BCUT2D eigenvalue weighted by atomic mass is 9.77. The summed E-state index contributed by atoms with van der Waals surface area (Å²) in [5.41, 5.74) is 0.404. The van der Waals surface area contributed by atoms with E-state index in [0.29, 0.717) is 11.3 Å². The van der Waals surface area contributed by atoms with Gasteiger partial charge in [-0.15, -0.1) is 6.58 Å². The van der Waals surface area contributed by atoms with Gasteiger partial charge >= 0.3 is 0 Å². The van der Waals surface area contributed by atoms with Crippen LogP contribution < -0.4 is 0 Å². The van der Waals surface area contributed by atoms with Crippen LogP contribution in [-0.4, -0.2) is 0 Å². The van der Waals surface area contributed by atoms with E-state index in [1.165, 1.54) is 19.3 Å².